The molecule has 0 radical (unpaired) electrons. The van der Waals surface area contributed by atoms with Gasteiger partial charge in [0.05, 0.1) is 5.52 Å². The van der Waals surface area contributed by atoms with Crippen molar-refractivity contribution in [1.82, 2.24) is 14.9 Å². The summed E-state index contributed by atoms with van der Waals surface area (Å²) >= 11 is 0. The number of piperidine rings is 1. The van der Waals surface area contributed by atoms with Crippen molar-refractivity contribution in [1.29, 1.82) is 0 Å². The lowest BCUT2D eigenvalue weighted by Crippen LogP contribution is -2.40. The van der Waals surface area contributed by atoms with Crippen LogP contribution in [-0.2, 0) is 0 Å². The van der Waals surface area contributed by atoms with E-state index in [1.807, 2.05) is 18.2 Å². The molecule has 1 N–H and O–H groups in total. The first-order valence-electron chi connectivity index (χ1n) is 7.28. The van der Waals surface area contributed by atoms with Crippen molar-refractivity contribution in [2.75, 3.05) is 32.0 Å². The number of nitrogens with one attached hydrogen (secondary N) is 1. The monoisotopic (exact) mass is 270 g/mol. The second-order valence-corrected chi connectivity index (χ2v) is 6.21. The van der Waals surface area contributed by atoms with Crippen LogP contribution in [0.15, 0.2) is 30.6 Å². The van der Waals surface area contributed by atoms with Crippen LogP contribution in [0.5, 0.6) is 0 Å². The van der Waals surface area contributed by atoms with Crippen LogP contribution in [-0.4, -0.2) is 41.5 Å². The van der Waals surface area contributed by atoms with Crippen LogP contribution < -0.4 is 5.32 Å². The van der Waals surface area contributed by atoms with Crippen molar-refractivity contribution in [3.8, 4) is 0 Å². The summed E-state index contributed by atoms with van der Waals surface area (Å²) in [6, 6.07) is 8.15. The number of benzene rings is 1. The minimum absolute atomic E-state index is 0.360. The smallest absolute Gasteiger partial charge is 0.137 e. The molecule has 106 valence electrons. The van der Waals surface area contributed by atoms with Gasteiger partial charge in [-0.1, -0.05) is 19.1 Å². The molecule has 1 saturated heterocycles. The van der Waals surface area contributed by atoms with Gasteiger partial charge in [0.15, 0.2) is 0 Å². The predicted octanol–water partition coefficient (Wildman–Crippen LogP) is 2.77. The molecule has 0 atom stereocenters. The van der Waals surface area contributed by atoms with Gasteiger partial charge >= 0.3 is 0 Å². The lowest BCUT2D eigenvalue weighted by atomic mass is 9.80. The molecule has 2 heterocycles. The van der Waals surface area contributed by atoms with Crippen LogP contribution in [0.4, 0.5) is 5.82 Å². The summed E-state index contributed by atoms with van der Waals surface area (Å²) in [5.41, 5.74) is 1.36. The molecule has 4 nitrogen and oxygen atoms in total. The molecule has 2 aromatic rings. The summed E-state index contributed by atoms with van der Waals surface area (Å²) in [4.78, 5) is 11.1. The maximum absolute atomic E-state index is 4.40. The first-order chi connectivity index (χ1) is 9.66. The highest BCUT2D eigenvalue weighted by atomic mass is 15.1. The maximum Gasteiger partial charge on any atom is 0.137 e. The average molecular weight is 270 g/mol. The summed E-state index contributed by atoms with van der Waals surface area (Å²) in [7, 11) is 2.20. The van der Waals surface area contributed by atoms with E-state index in [4.69, 9.17) is 0 Å². The number of fused-ring (bicyclic) bond motifs is 1. The first-order valence-corrected chi connectivity index (χ1v) is 7.28. The van der Waals surface area contributed by atoms with E-state index in [1.165, 1.54) is 25.9 Å². The molecule has 1 aromatic heterocycles. The quantitative estimate of drug-likeness (QED) is 0.931. The number of rotatable bonds is 3. The molecular formula is C16H22N4. The Kier molecular flexibility index (Phi) is 3.57. The summed E-state index contributed by atoms with van der Waals surface area (Å²) in [6.45, 7) is 5.71. The Morgan fingerprint density at radius 1 is 1.20 bits per heavy atom. The summed E-state index contributed by atoms with van der Waals surface area (Å²) in [5.74, 6) is 0.954. The summed E-state index contributed by atoms with van der Waals surface area (Å²) < 4.78 is 0. The zero-order chi connectivity index (χ0) is 14.0. The molecular weight excluding hydrogens is 248 g/mol. The van der Waals surface area contributed by atoms with Crippen LogP contribution in [0.25, 0.3) is 10.9 Å². The van der Waals surface area contributed by atoms with Gasteiger partial charge in [-0.2, -0.15) is 0 Å². The Balaban J connectivity index is 1.74. The van der Waals surface area contributed by atoms with E-state index in [0.717, 1.165) is 23.3 Å². The molecule has 1 aliphatic rings. The first kappa shape index (κ1) is 13.3. The Morgan fingerprint density at radius 2 is 1.95 bits per heavy atom. The van der Waals surface area contributed by atoms with Crippen molar-refractivity contribution in [2.45, 2.75) is 19.8 Å². The number of aromatic nitrogens is 2. The van der Waals surface area contributed by atoms with E-state index in [2.05, 4.69) is 40.2 Å². The van der Waals surface area contributed by atoms with Crippen LogP contribution in [0.1, 0.15) is 19.8 Å². The van der Waals surface area contributed by atoms with Crippen molar-refractivity contribution < 1.29 is 0 Å². The van der Waals surface area contributed by atoms with Crippen LogP contribution >= 0.6 is 0 Å². The number of likely N-dealkylation sites (tertiary alicyclic amines) is 1. The SMILES string of the molecule is CN1CCC(C)(CNc2ncnc3ccccc23)CC1. The van der Waals surface area contributed by atoms with E-state index >= 15 is 0 Å². The standard InChI is InChI=1S/C16H22N4/c1-16(7-9-20(2)10-8-16)11-17-15-13-5-3-4-6-14(13)18-12-19-15/h3-6,12H,7-11H2,1-2H3,(H,17,18,19). The fourth-order valence-electron chi connectivity index (χ4n) is 2.78. The zero-order valence-electron chi connectivity index (χ0n) is 12.3. The van der Waals surface area contributed by atoms with E-state index in [9.17, 15) is 0 Å². The molecule has 0 saturated carbocycles. The number of hydrogen-bond acceptors (Lipinski definition) is 4. The normalized spacial score (nSPS) is 19.1. The van der Waals surface area contributed by atoms with Crippen LogP contribution in [0.3, 0.4) is 0 Å². The highest BCUT2D eigenvalue weighted by Gasteiger charge is 2.28. The fraction of sp³-hybridized carbons (Fsp3) is 0.500. The Morgan fingerprint density at radius 3 is 2.75 bits per heavy atom. The van der Waals surface area contributed by atoms with Gasteiger partial charge in [0.25, 0.3) is 0 Å². The van der Waals surface area contributed by atoms with Gasteiger partial charge in [-0.15, -0.1) is 0 Å². The molecule has 0 aliphatic carbocycles. The van der Waals surface area contributed by atoms with E-state index in [0.29, 0.717) is 5.41 Å². The predicted molar refractivity (Wildman–Crippen MR) is 82.9 cm³/mol. The van der Waals surface area contributed by atoms with Crippen molar-refractivity contribution in [3.05, 3.63) is 30.6 Å². The third-order valence-corrected chi connectivity index (χ3v) is 4.42. The maximum atomic E-state index is 4.40. The number of nitrogens with zero attached hydrogens (tertiary/aromatic N) is 3. The van der Waals surface area contributed by atoms with Gasteiger partial charge < -0.3 is 10.2 Å². The summed E-state index contributed by atoms with van der Waals surface area (Å²) in [5, 5.41) is 4.65. The number of anilines is 1. The second kappa shape index (κ2) is 5.37. The van der Waals surface area contributed by atoms with Crippen molar-refractivity contribution in [3.63, 3.8) is 0 Å². The molecule has 0 spiro atoms. The number of hydrogen-bond donors (Lipinski definition) is 1. The van der Waals surface area contributed by atoms with Crippen molar-refractivity contribution >= 4 is 16.7 Å². The van der Waals surface area contributed by atoms with Crippen molar-refractivity contribution in [2.24, 2.45) is 5.41 Å². The molecule has 3 rings (SSSR count). The molecule has 20 heavy (non-hydrogen) atoms. The lowest BCUT2D eigenvalue weighted by molar-refractivity contribution is 0.150. The van der Waals surface area contributed by atoms with E-state index in [1.54, 1.807) is 6.33 Å². The molecule has 0 unspecified atom stereocenters. The highest BCUT2D eigenvalue weighted by molar-refractivity contribution is 5.88. The zero-order valence-corrected chi connectivity index (χ0v) is 12.3. The fourth-order valence-corrected chi connectivity index (χ4v) is 2.78. The van der Waals surface area contributed by atoms with Gasteiger partial charge in [0.2, 0.25) is 0 Å². The molecule has 0 amide bonds. The van der Waals surface area contributed by atoms with Gasteiger partial charge in [-0.25, -0.2) is 9.97 Å². The molecule has 1 fully saturated rings. The third kappa shape index (κ3) is 2.75. The Labute approximate surface area is 120 Å². The number of para-hydroxylation sites is 1. The third-order valence-electron chi connectivity index (χ3n) is 4.42. The lowest BCUT2D eigenvalue weighted by Gasteiger charge is -2.38. The minimum Gasteiger partial charge on any atom is -0.369 e. The molecule has 0 bridgehead atoms. The van der Waals surface area contributed by atoms with Crippen LogP contribution in [0.2, 0.25) is 0 Å². The van der Waals surface area contributed by atoms with Gasteiger partial charge in [-0.3, -0.25) is 0 Å². The molecule has 4 heteroatoms. The van der Waals surface area contributed by atoms with E-state index in [-0.39, 0.29) is 0 Å². The van der Waals surface area contributed by atoms with Gasteiger partial charge in [-0.05, 0) is 50.5 Å². The average Bonchev–Trinajstić information content (AvgIpc) is 2.49. The molecule has 1 aliphatic heterocycles. The van der Waals surface area contributed by atoms with Gasteiger partial charge in [0.1, 0.15) is 12.1 Å². The largest absolute Gasteiger partial charge is 0.369 e. The minimum atomic E-state index is 0.360. The Bertz CT molecular complexity index is 583. The van der Waals surface area contributed by atoms with E-state index < -0.39 is 0 Å². The summed E-state index contributed by atoms with van der Waals surface area (Å²) in [6.07, 6.45) is 4.11. The van der Waals surface area contributed by atoms with Crippen LogP contribution in [0, 0.1) is 5.41 Å². The highest BCUT2D eigenvalue weighted by Crippen LogP contribution is 2.31. The second-order valence-electron chi connectivity index (χ2n) is 6.21. The Hall–Kier alpha value is -1.68. The topological polar surface area (TPSA) is 41.0 Å². The molecule has 1 aromatic carbocycles. The van der Waals surface area contributed by atoms with Gasteiger partial charge in [0, 0.05) is 11.9 Å².